The van der Waals surface area contributed by atoms with E-state index in [0.29, 0.717) is 6.42 Å². The highest BCUT2D eigenvalue weighted by atomic mass is 32.2. The van der Waals surface area contributed by atoms with Crippen LogP contribution in [0.1, 0.15) is 26.7 Å². The van der Waals surface area contributed by atoms with Gasteiger partial charge in [-0.25, -0.2) is 5.01 Å². The summed E-state index contributed by atoms with van der Waals surface area (Å²) in [6.07, 6.45) is 3.85. The second kappa shape index (κ2) is 12.3. The molecule has 0 fully saturated rings. The number of nitrogens with one attached hydrogen (secondary N) is 1. The topological polar surface area (TPSA) is 35.6 Å². The zero-order valence-corrected chi connectivity index (χ0v) is 13.5. The fourth-order valence-electron chi connectivity index (χ4n) is 1.48. The van der Waals surface area contributed by atoms with Crippen molar-refractivity contribution in [3.8, 4) is 0 Å². The van der Waals surface area contributed by atoms with E-state index in [4.69, 9.17) is 0 Å². The summed E-state index contributed by atoms with van der Waals surface area (Å²) in [4.78, 5) is 10.8. The molecule has 0 unspecified atom stereocenters. The Bertz CT molecular complexity index is 217. The first-order valence-electron chi connectivity index (χ1n) is 6.50. The maximum atomic E-state index is 10.8. The summed E-state index contributed by atoms with van der Waals surface area (Å²) in [6, 6.07) is 0. The van der Waals surface area contributed by atoms with Gasteiger partial charge in [-0.3, -0.25) is 14.5 Å². The number of rotatable bonds is 12. The monoisotopic (exact) mass is 293 g/mol. The third kappa shape index (κ3) is 11.3. The molecule has 1 N–H and O–H groups in total. The van der Waals surface area contributed by atoms with E-state index in [-0.39, 0.29) is 5.78 Å². The van der Waals surface area contributed by atoms with E-state index < -0.39 is 0 Å². The number of thiol groups is 1. The Labute approximate surface area is 121 Å². The van der Waals surface area contributed by atoms with Crippen LogP contribution in [0.25, 0.3) is 0 Å². The molecule has 0 bridgehead atoms. The molecule has 0 aromatic carbocycles. The third-order valence-corrected chi connectivity index (χ3v) is 3.48. The van der Waals surface area contributed by atoms with Crippen molar-refractivity contribution in [3.05, 3.63) is 0 Å². The van der Waals surface area contributed by atoms with Gasteiger partial charge in [0, 0.05) is 44.9 Å². The number of hydrogen-bond donors (Lipinski definition) is 2. The Hall–Kier alpha value is 0.250. The average molecular weight is 294 g/mol. The van der Waals surface area contributed by atoms with Crippen LogP contribution in [0.5, 0.6) is 0 Å². The molecule has 0 aliphatic rings. The fraction of sp³-hybridized carbons (Fsp3) is 0.917. The molecule has 0 spiro atoms. The third-order valence-electron chi connectivity index (χ3n) is 2.49. The van der Waals surface area contributed by atoms with Crippen molar-refractivity contribution in [2.24, 2.45) is 0 Å². The van der Waals surface area contributed by atoms with Gasteiger partial charge in [0.1, 0.15) is 5.78 Å². The standard InChI is InChI=1S/C12H27N3OS2/c1-4-7-14(10-11-18-3)13-6-9-15(17)8-5-12(2)16/h13,17H,4-11H2,1-3H3. The second-order valence-electron chi connectivity index (χ2n) is 4.29. The van der Waals surface area contributed by atoms with Crippen LogP contribution in [0, 0.1) is 0 Å². The van der Waals surface area contributed by atoms with Crippen molar-refractivity contribution < 1.29 is 4.79 Å². The van der Waals surface area contributed by atoms with Crippen molar-refractivity contribution >= 4 is 30.4 Å². The summed E-state index contributed by atoms with van der Waals surface area (Å²) in [5, 5.41) is 2.27. The predicted octanol–water partition coefficient (Wildman–Crippen LogP) is 1.69. The number of thioether (sulfide) groups is 1. The SMILES string of the molecule is CCCN(CCSC)NCCN(S)CCC(C)=O. The van der Waals surface area contributed by atoms with Crippen LogP contribution in [0.15, 0.2) is 0 Å². The maximum Gasteiger partial charge on any atom is 0.131 e. The number of carbonyl (C=O) groups excluding carboxylic acids is 1. The molecule has 6 heteroatoms. The minimum absolute atomic E-state index is 0.217. The van der Waals surface area contributed by atoms with E-state index in [0.717, 1.165) is 44.9 Å². The predicted molar refractivity (Wildman–Crippen MR) is 84.1 cm³/mol. The van der Waals surface area contributed by atoms with Gasteiger partial charge in [0.15, 0.2) is 0 Å². The largest absolute Gasteiger partial charge is 0.300 e. The molecule has 0 saturated heterocycles. The summed E-state index contributed by atoms with van der Waals surface area (Å²) in [5.41, 5.74) is 3.42. The molecule has 0 aliphatic carbocycles. The van der Waals surface area contributed by atoms with Gasteiger partial charge in [0.2, 0.25) is 0 Å². The lowest BCUT2D eigenvalue weighted by atomic mass is 10.3. The molecule has 0 aliphatic heterocycles. The summed E-state index contributed by atoms with van der Waals surface area (Å²) >= 11 is 6.21. The van der Waals surface area contributed by atoms with Crippen molar-refractivity contribution in [2.45, 2.75) is 26.7 Å². The zero-order valence-electron chi connectivity index (χ0n) is 11.8. The van der Waals surface area contributed by atoms with Crippen molar-refractivity contribution in [1.82, 2.24) is 14.7 Å². The van der Waals surface area contributed by atoms with Crippen LogP contribution in [0.2, 0.25) is 0 Å². The minimum atomic E-state index is 0.217. The van der Waals surface area contributed by atoms with Crippen molar-refractivity contribution in [3.63, 3.8) is 0 Å². The molecule has 0 radical (unpaired) electrons. The number of hydrazine groups is 1. The molecular weight excluding hydrogens is 266 g/mol. The van der Waals surface area contributed by atoms with E-state index in [2.05, 4.69) is 36.4 Å². The van der Waals surface area contributed by atoms with Crippen LogP contribution in [-0.4, -0.2) is 59.8 Å². The molecule has 0 saturated carbocycles. The Balaban J connectivity index is 3.66. The number of nitrogens with zero attached hydrogens (tertiary/aromatic N) is 2. The highest BCUT2D eigenvalue weighted by Crippen LogP contribution is 1.97. The number of carbonyl (C=O) groups is 1. The van der Waals surface area contributed by atoms with Crippen LogP contribution >= 0.6 is 24.6 Å². The molecule has 18 heavy (non-hydrogen) atoms. The lowest BCUT2D eigenvalue weighted by molar-refractivity contribution is -0.117. The Morgan fingerprint density at radius 3 is 2.56 bits per heavy atom. The lowest BCUT2D eigenvalue weighted by Crippen LogP contribution is -2.43. The van der Waals surface area contributed by atoms with E-state index in [9.17, 15) is 4.79 Å². The van der Waals surface area contributed by atoms with Gasteiger partial charge in [-0.05, 0) is 19.6 Å². The lowest BCUT2D eigenvalue weighted by Gasteiger charge is -2.24. The molecule has 0 rings (SSSR count). The van der Waals surface area contributed by atoms with Gasteiger partial charge in [-0.15, -0.1) is 0 Å². The number of hydrogen-bond acceptors (Lipinski definition) is 6. The van der Waals surface area contributed by atoms with Crippen LogP contribution < -0.4 is 5.43 Å². The number of ketones is 1. The van der Waals surface area contributed by atoms with Gasteiger partial charge >= 0.3 is 0 Å². The summed E-state index contributed by atoms with van der Waals surface area (Å²) in [6.45, 7) is 8.37. The van der Waals surface area contributed by atoms with E-state index in [1.807, 2.05) is 16.1 Å². The van der Waals surface area contributed by atoms with Gasteiger partial charge < -0.3 is 0 Å². The smallest absolute Gasteiger partial charge is 0.131 e. The second-order valence-corrected chi connectivity index (χ2v) is 5.84. The van der Waals surface area contributed by atoms with Gasteiger partial charge in [0.05, 0.1) is 0 Å². The van der Waals surface area contributed by atoms with Crippen molar-refractivity contribution in [1.29, 1.82) is 0 Å². The molecule has 0 amide bonds. The van der Waals surface area contributed by atoms with Gasteiger partial charge in [-0.1, -0.05) is 19.7 Å². The fourth-order valence-corrected chi connectivity index (χ4v) is 2.08. The highest BCUT2D eigenvalue weighted by Gasteiger charge is 2.04. The van der Waals surface area contributed by atoms with E-state index in [1.54, 1.807) is 6.92 Å². The highest BCUT2D eigenvalue weighted by molar-refractivity contribution is 7.98. The van der Waals surface area contributed by atoms with E-state index in [1.165, 1.54) is 0 Å². The number of Topliss-reactive ketones (excluding diaryl/α,β-unsaturated/α-hetero) is 1. The first-order valence-corrected chi connectivity index (χ1v) is 8.30. The molecule has 0 heterocycles. The van der Waals surface area contributed by atoms with Crippen LogP contribution in [0.3, 0.4) is 0 Å². The summed E-state index contributed by atoms with van der Waals surface area (Å²) in [7, 11) is 0. The Morgan fingerprint density at radius 1 is 1.28 bits per heavy atom. The first kappa shape index (κ1) is 18.2. The van der Waals surface area contributed by atoms with Crippen molar-refractivity contribution in [2.75, 3.05) is 44.7 Å². The zero-order chi connectivity index (χ0) is 13.8. The van der Waals surface area contributed by atoms with Crippen LogP contribution in [0.4, 0.5) is 0 Å². The first-order chi connectivity index (χ1) is 8.60. The average Bonchev–Trinajstić information content (AvgIpc) is 2.33. The van der Waals surface area contributed by atoms with Crippen LogP contribution in [-0.2, 0) is 4.79 Å². The molecule has 0 atom stereocenters. The minimum Gasteiger partial charge on any atom is -0.300 e. The molecular formula is C12H27N3OS2. The Kier molecular flexibility index (Phi) is 12.5. The Morgan fingerprint density at radius 2 is 2.00 bits per heavy atom. The summed E-state index contributed by atoms with van der Waals surface area (Å²) < 4.78 is 1.90. The normalized spacial score (nSPS) is 11.4. The van der Waals surface area contributed by atoms with Gasteiger partial charge in [-0.2, -0.15) is 11.8 Å². The maximum absolute atomic E-state index is 10.8. The molecule has 0 aromatic rings. The molecule has 108 valence electrons. The summed E-state index contributed by atoms with van der Waals surface area (Å²) in [5.74, 6) is 1.36. The molecule has 4 nitrogen and oxygen atoms in total. The van der Waals surface area contributed by atoms with Gasteiger partial charge in [0.25, 0.3) is 0 Å². The van der Waals surface area contributed by atoms with E-state index >= 15 is 0 Å². The molecule has 0 aromatic heterocycles. The quantitative estimate of drug-likeness (QED) is 0.423.